The van der Waals surface area contributed by atoms with E-state index in [-0.39, 0.29) is 5.97 Å². The number of hydrogen-bond acceptors (Lipinski definition) is 4. The lowest BCUT2D eigenvalue weighted by molar-refractivity contribution is -0.166. The van der Waals surface area contributed by atoms with Crippen LogP contribution in [0.3, 0.4) is 0 Å². The maximum Gasteiger partial charge on any atom is 0.306 e. The smallest absolute Gasteiger partial charge is 0.306 e. The molecule has 2 aromatic carbocycles. The van der Waals surface area contributed by atoms with Crippen LogP contribution in [-0.2, 0) is 15.1 Å². The van der Waals surface area contributed by atoms with Crippen molar-refractivity contribution in [3.05, 3.63) is 66.2 Å². The highest BCUT2D eigenvalue weighted by Gasteiger charge is 2.39. The summed E-state index contributed by atoms with van der Waals surface area (Å²) in [4.78, 5) is 14.5. The SMILES string of the molecule is CCC(=O)OC1(c2ccccc2)CCN(CCNc2ccccc2)CC1. The summed E-state index contributed by atoms with van der Waals surface area (Å²) in [5.74, 6) is -0.118. The molecular formula is C22H28N2O2. The second-order valence-electron chi connectivity index (χ2n) is 6.82. The van der Waals surface area contributed by atoms with Crippen molar-refractivity contribution >= 4 is 11.7 Å². The van der Waals surface area contributed by atoms with Crippen molar-refractivity contribution < 1.29 is 9.53 Å². The van der Waals surface area contributed by atoms with E-state index in [4.69, 9.17) is 4.74 Å². The fourth-order valence-corrected chi connectivity index (χ4v) is 3.53. The van der Waals surface area contributed by atoms with Gasteiger partial charge in [-0.3, -0.25) is 4.79 Å². The number of para-hydroxylation sites is 1. The highest BCUT2D eigenvalue weighted by Crippen LogP contribution is 2.37. The number of nitrogens with one attached hydrogen (secondary N) is 1. The molecule has 0 radical (unpaired) electrons. The van der Waals surface area contributed by atoms with Gasteiger partial charge >= 0.3 is 5.97 Å². The van der Waals surface area contributed by atoms with Crippen molar-refractivity contribution in [3.63, 3.8) is 0 Å². The van der Waals surface area contributed by atoms with Gasteiger partial charge in [-0.2, -0.15) is 0 Å². The Morgan fingerprint density at radius 1 is 1.04 bits per heavy atom. The molecule has 1 aliphatic rings. The van der Waals surface area contributed by atoms with Gasteiger partial charge in [0.2, 0.25) is 0 Å². The first-order chi connectivity index (χ1) is 12.7. The van der Waals surface area contributed by atoms with Crippen LogP contribution in [0.15, 0.2) is 60.7 Å². The molecule has 2 aromatic rings. The largest absolute Gasteiger partial charge is 0.454 e. The topological polar surface area (TPSA) is 41.6 Å². The molecule has 0 amide bonds. The molecule has 1 N–H and O–H groups in total. The van der Waals surface area contributed by atoms with Crippen molar-refractivity contribution in [2.45, 2.75) is 31.8 Å². The summed E-state index contributed by atoms with van der Waals surface area (Å²) < 4.78 is 5.96. The number of rotatable bonds is 7. The summed E-state index contributed by atoms with van der Waals surface area (Å²) in [5.41, 5.74) is 1.79. The summed E-state index contributed by atoms with van der Waals surface area (Å²) in [6.07, 6.45) is 2.10. The van der Waals surface area contributed by atoms with Crippen LogP contribution < -0.4 is 5.32 Å². The minimum atomic E-state index is -0.474. The van der Waals surface area contributed by atoms with Crippen LogP contribution in [0.5, 0.6) is 0 Å². The Kier molecular flexibility index (Phi) is 6.29. The number of nitrogens with zero attached hydrogens (tertiary/aromatic N) is 1. The lowest BCUT2D eigenvalue weighted by Gasteiger charge is -2.41. The van der Waals surface area contributed by atoms with E-state index in [0.29, 0.717) is 6.42 Å². The minimum absolute atomic E-state index is 0.118. The molecular weight excluding hydrogens is 324 g/mol. The van der Waals surface area contributed by atoms with E-state index in [1.54, 1.807) is 0 Å². The van der Waals surface area contributed by atoms with Crippen LogP contribution >= 0.6 is 0 Å². The first kappa shape index (κ1) is 18.5. The van der Waals surface area contributed by atoms with Crippen LogP contribution in [0.2, 0.25) is 0 Å². The van der Waals surface area contributed by atoms with E-state index in [1.165, 1.54) is 0 Å². The van der Waals surface area contributed by atoms with E-state index >= 15 is 0 Å². The Morgan fingerprint density at radius 3 is 2.27 bits per heavy atom. The number of benzene rings is 2. The molecule has 0 unspecified atom stereocenters. The maximum atomic E-state index is 12.0. The molecule has 0 spiro atoms. The fourth-order valence-electron chi connectivity index (χ4n) is 3.53. The summed E-state index contributed by atoms with van der Waals surface area (Å²) in [6, 6.07) is 20.5. The number of likely N-dealkylation sites (tertiary alicyclic amines) is 1. The van der Waals surface area contributed by atoms with Gasteiger partial charge in [-0.1, -0.05) is 55.5 Å². The number of piperidine rings is 1. The Labute approximate surface area is 156 Å². The number of anilines is 1. The molecule has 0 atom stereocenters. The number of ether oxygens (including phenoxy) is 1. The van der Waals surface area contributed by atoms with Crippen LogP contribution in [-0.4, -0.2) is 37.0 Å². The Bertz CT molecular complexity index is 680. The Hall–Kier alpha value is -2.33. The molecule has 26 heavy (non-hydrogen) atoms. The van der Waals surface area contributed by atoms with Gasteiger partial charge in [0, 0.05) is 51.1 Å². The molecule has 1 saturated heterocycles. The van der Waals surface area contributed by atoms with E-state index in [2.05, 4.69) is 34.5 Å². The highest BCUT2D eigenvalue weighted by atomic mass is 16.6. The molecule has 4 heteroatoms. The second kappa shape index (κ2) is 8.86. The first-order valence-electron chi connectivity index (χ1n) is 9.50. The van der Waals surface area contributed by atoms with Crippen LogP contribution in [0.25, 0.3) is 0 Å². The normalized spacial score (nSPS) is 16.8. The van der Waals surface area contributed by atoms with Crippen LogP contribution in [0.1, 0.15) is 31.7 Å². The zero-order valence-corrected chi connectivity index (χ0v) is 15.5. The Morgan fingerprint density at radius 2 is 1.65 bits per heavy atom. The van der Waals surface area contributed by atoms with Gasteiger partial charge in [0.05, 0.1) is 0 Å². The van der Waals surface area contributed by atoms with E-state index in [1.807, 2.05) is 43.3 Å². The first-order valence-corrected chi connectivity index (χ1v) is 9.50. The number of carbonyl (C=O) groups is 1. The molecule has 0 bridgehead atoms. The molecule has 1 aliphatic heterocycles. The molecule has 0 saturated carbocycles. The molecule has 3 rings (SSSR count). The average Bonchev–Trinajstić information content (AvgIpc) is 2.71. The van der Waals surface area contributed by atoms with E-state index in [9.17, 15) is 4.79 Å². The zero-order chi connectivity index (χ0) is 18.2. The van der Waals surface area contributed by atoms with Gasteiger partial charge < -0.3 is 15.0 Å². The van der Waals surface area contributed by atoms with Crippen molar-refractivity contribution in [1.82, 2.24) is 4.90 Å². The molecule has 1 fully saturated rings. The minimum Gasteiger partial charge on any atom is -0.454 e. The summed E-state index contributed by atoms with van der Waals surface area (Å²) in [5, 5.41) is 3.46. The van der Waals surface area contributed by atoms with Gasteiger partial charge in [0.25, 0.3) is 0 Å². The van der Waals surface area contributed by atoms with Crippen LogP contribution in [0, 0.1) is 0 Å². The fraction of sp³-hybridized carbons (Fsp3) is 0.409. The van der Waals surface area contributed by atoms with Gasteiger partial charge in [-0.15, -0.1) is 0 Å². The highest BCUT2D eigenvalue weighted by molar-refractivity contribution is 5.69. The van der Waals surface area contributed by atoms with E-state index in [0.717, 1.165) is 50.3 Å². The Balaban J connectivity index is 1.57. The second-order valence-corrected chi connectivity index (χ2v) is 6.82. The third kappa shape index (κ3) is 4.64. The van der Waals surface area contributed by atoms with Crippen LogP contribution in [0.4, 0.5) is 5.69 Å². The van der Waals surface area contributed by atoms with Crippen molar-refractivity contribution in [3.8, 4) is 0 Å². The molecule has 0 aliphatic carbocycles. The quantitative estimate of drug-likeness (QED) is 0.764. The average molecular weight is 352 g/mol. The number of carbonyl (C=O) groups excluding carboxylic acids is 1. The third-order valence-electron chi connectivity index (χ3n) is 5.09. The predicted molar refractivity (Wildman–Crippen MR) is 105 cm³/mol. The summed E-state index contributed by atoms with van der Waals surface area (Å²) in [6.45, 7) is 5.62. The van der Waals surface area contributed by atoms with Gasteiger partial charge in [0.1, 0.15) is 5.60 Å². The zero-order valence-electron chi connectivity index (χ0n) is 15.5. The van der Waals surface area contributed by atoms with Crippen molar-refractivity contribution in [1.29, 1.82) is 0 Å². The summed E-state index contributed by atoms with van der Waals surface area (Å²) >= 11 is 0. The van der Waals surface area contributed by atoms with E-state index < -0.39 is 5.60 Å². The lowest BCUT2D eigenvalue weighted by Crippen LogP contribution is -2.46. The monoisotopic (exact) mass is 352 g/mol. The summed E-state index contributed by atoms with van der Waals surface area (Å²) in [7, 11) is 0. The van der Waals surface area contributed by atoms with Crippen molar-refractivity contribution in [2.24, 2.45) is 0 Å². The van der Waals surface area contributed by atoms with Gasteiger partial charge in [-0.05, 0) is 17.7 Å². The maximum absolute atomic E-state index is 12.0. The van der Waals surface area contributed by atoms with Gasteiger partial charge in [-0.25, -0.2) is 0 Å². The molecule has 138 valence electrons. The molecule has 1 heterocycles. The van der Waals surface area contributed by atoms with Gasteiger partial charge in [0.15, 0.2) is 0 Å². The third-order valence-corrected chi connectivity index (χ3v) is 5.09. The molecule has 0 aromatic heterocycles. The number of hydrogen-bond donors (Lipinski definition) is 1. The molecule has 4 nitrogen and oxygen atoms in total. The lowest BCUT2D eigenvalue weighted by atomic mass is 9.84. The van der Waals surface area contributed by atoms with Crippen molar-refractivity contribution in [2.75, 3.05) is 31.5 Å². The predicted octanol–water partition coefficient (Wildman–Crippen LogP) is 4.04. The standard InChI is InChI=1S/C22H28N2O2/c1-2-21(25)26-22(19-9-5-3-6-10-19)13-16-24(17-14-22)18-15-23-20-11-7-4-8-12-20/h3-12,23H,2,13-18H2,1H3. The number of esters is 1.